The van der Waals surface area contributed by atoms with E-state index >= 15 is 0 Å². The molecule has 0 bridgehead atoms. The Hall–Kier alpha value is -2.63. The first-order valence-corrected chi connectivity index (χ1v) is 8.14. The molecule has 4 nitrogen and oxygen atoms in total. The molecule has 1 amide bonds. The first-order chi connectivity index (χ1) is 12.1. The van der Waals surface area contributed by atoms with Crippen molar-refractivity contribution in [1.82, 2.24) is 0 Å². The molecule has 1 N–H and O–H groups in total. The van der Waals surface area contributed by atoms with Crippen LogP contribution in [0.2, 0.25) is 0 Å². The third kappa shape index (κ3) is 6.41. The summed E-state index contributed by atoms with van der Waals surface area (Å²) in [6.07, 6.45) is 1.66. The number of nitrogens with one attached hydrogen (secondary N) is 1. The molecule has 0 unspecified atom stereocenters. The Morgan fingerprint density at radius 3 is 2.52 bits per heavy atom. The topological polar surface area (TPSA) is 47.6 Å². The Bertz CT molecular complexity index is 675. The number of para-hydroxylation sites is 2. The monoisotopic (exact) mass is 349 g/mol. The molecule has 0 saturated carbocycles. The molecule has 0 aliphatic rings. The summed E-state index contributed by atoms with van der Waals surface area (Å²) >= 11 is 0. The number of amides is 1. The van der Waals surface area contributed by atoms with Gasteiger partial charge in [0.15, 0.2) is 0 Å². The van der Waals surface area contributed by atoms with Crippen molar-refractivity contribution >= 4 is 11.6 Å². The fourth-order valence-corrected chi connectivity index (χ4v) is 2.22. The Balaban J connectivity index is 1.86. The SMILES string of the molecule is CCCOc1ccccc1NC(=O)CCc1ccc(OC(F)F)cc1. The molecule has 0 aliphatic heterocycles. The second-order valence-corrected chi connectivity index (χ2v) is 5.42. The summed E-state index contributed by atoms with van der Waals surface area (Å²) in [6.45, 7) is -0.245. The number of halogens is 2. The molecular formula is C19H21F2NO3. The van der Waals surface area contributed by atoms with E-state index in [2.05, 4.69) is 10.1 Å². The zero-order chi connectivity index (χ0) is 18.1. The molecule has 0 heterocycles. The number of aryl methyl sites for hydroxylation is 1. The van der Waals surface area contributed by atoms with Crippen LogP contribution in [0, 0.1) is 0 Å². The van der Waals surface area contributed by atoms with Gasteiger partial charge in [-0.3, -0.25) is 4.79 Å². The molecule has 6 heteroatoms. The Morgan fingerprint density at radius 1 is 1.12 bits per heavy atom. The van der Waals surface area contributed by atoms with Crippen molar-refractivity contribution < 1.29 is 23.0 Å². The maximum absolute atomic E-state index is 12.1. The van der Waals surface area contributed by atoms with Crippen LogP contribution >= 0.6 is 0 Å². The summed E-state index contributed by atoms with van der Waals surface area (Å²) in [4.78, 5) is 12.1. The fourth-order valence-electron chi connectivity index (χ4n) is 2.22. The minimum atomic E-state index is -2.84. The second kappa shape index (κ2) is 9.61. The predicted octanol–water partition coefficient (Wildman–Crippen LogP) is 4.65. The van der Waals surface area contributed by atoms with Gasteiger partial charge in [0.25, 0.3) is 0 Å². The standard InChI is InChI=1S/C19H21F2NO3/c1-2-13-24-17-6-4-3-5-16(17)22-18(23)12-9-14-7-10-15(11-8-14)25-19(20)21/h3-8,10-11,19H,2,9,12-13H2,1H3,(H,22,23). The van der Waals surface area contributed by atoms with Crippen molar-refractivity contribution in [3.63, 3.8) is 0 Å². The van der Waals surface area contributed by atoms with Crippen LogP contribution in [0.5, 0.6) is 11.5 Å². The minimum absolute atomic E-state index is 0.102. The lowest BCUT2D eigenvalue weighted by Gasteiger charge is -2.12. The minimum Gasteiger partial charge on any atom is -0.491 e. The lowest BCUT2D eigenvalue weighted by Crippen LogP contribution is -2.13. The van der Waals surface area contributed by atoms with Gasteiger partial charge in [-0.25, -0.2) is 0 Å². The van der Waals surface area contributed by atoms with Crippen LogP contribution in [0.15, 0.2) is 48.5 Å². The van der Waals surface area contributed by atoms with Gasteiger partial charge in [-0.05, 0) is 42.7 Å². The van der Waals surface area contributed by atoms with Gasteiger partial charge in [0, 0.05) is 6.42 Å². The Kier molecular flexibility index (Phi) is 7.19. The number of hydrogen-bond donors (Lipinski definition) is 1. The van der Waals surface area contributed by atoms with E-state index in [1.807, 2.05) is 25.1 Å². The molecule has 0 aromatic heterocycles. The molecule has 0 saturated heterocycles. The number of ether oxygens (including phenoxy) is 2. The quantitative estimate of drug-likeness (QED) is 0.717. The van der Waals surface area contributed by atoms with Crippen LogP contribution in [-0.4, -0.2) is 19.1 Å². The summed E-state index contributed by atoms with van der Waals surface area (Å²) in [5.41, 5.74) is 1.51. The smallest absolute Gasteiger partial charge is 0.387 e. The Morgan fingerprint density at radius 2 is 1.84 bits per heavy atom. The van der Waals surface area contributed by atoms with Crippen molar-refractivity contribution in [3.05, 3.63) is 54.1 Å². The largest absolute Gasteiger partial charge is 0.491 e. The second-order valence-electron chi connectivity index (χ2n) is 5.42. The van der Waals surface area contributed by atoms with Gasteiger partial charge < -0.3 is 14.8 Å². The van der Waals surface area contributed by atoms with Crippen molar-refractivity contribution in [2.75, 3.05) is 11.9 Å². The van der Waals surface area contributed by atoms with Gasteiger partial charge in [0.05, 0.1) is 12.3 Å². The molecule has 134 valence electrons. The van der Waals surface area contributed by atoms with Crippen LogP contribution in [0.25, 0.3) is 0 Å². The van der Waals surface area contributed by atoms with Crippen LogP contribution in [0.1, 0.15) is 25.3 Å². The number of carbonyl (C=O) groups excluding carboxylic acids is 1. The van der Waals surface area contributed by atoms with Gasteiger partial charge in [-0.1, -0.05) is 31.2 Å². The zero-order valence-electron chi connectivity index (χ0n) is 14.0. The third-order valence-corrected chi connectivity index (χ3v) is 3.41. The lowest BCUT2D eigenvalue weighted by molar-refractivity contribution is -0.116. The van der Waals surface area contributed by atoms with Crippen molar-refractivity contribution in [3.8, 4) is 11.5 Å². The van der Waals surface area contributed by atoms with Crippen molar-refractivity contribution in [1.29, 1.82) is 0 Å². The highest BCUT2D eigenvalue weighted by Gasteiger charge is 2.08. The molecule has 0 spiro atoms. The van der Waals surface area contributed by atoms with E-state index in [0.717, 1.165) is 12.0 Å². The van der Waals surface area contributed by atoms with E-state index in [4.69, 9.17) is 4.74 Å². The molecular weight excluding hydrogens is 328 g/mol. The van der Waals surface area contributed by atoms with Gasteiger partial charge >= 0.3 is 6.61 Å². The summed E-state index contributed by atoms with van der Waals surface area (Å²) in [5.74, 6) is 0.608. The zero-order valence-corrected chi connectivity index (χ0v) is 14.0. The van der Waals surface area contributed by atoms with E-state index < -0.39 is 6.61 Å². The highest BCUT2D eigenvalue weighted by molar-refractivity contribution is 5.92. The maximum Gasteiger partial charge on any atom is 0.387 e. The Labute approximate surface area is 145 Å². The van der Waals surface area contributed by atoms with Gasteiger partial charge in [-0.15, -0.1) is 0 Å². The highest BCUT2D eigenvalue weighted by atomic mass is 19.3. The van der Waals surface area contributed by atoms with Crippen LogP contribution in [-0.2, 0) is 11.2 Å². The van der Waals surface area contributed by atoms with Crippen molar-refractivity contribution in [2.45, 2.75) is 32.8 Å². The van der Waals surface area contributed by atoms with E-state index in [9.17, 15) is 13.6 Å². The third-order valence-electron chi connectivity index (χ3n) is 3.41. The van der Waals surface area contributed by atoms with Crippen LogP contribution < -0.4 is 14.8 Å². The molecule has 0 fully saturated rings. The van der Waals surface area contributed by atoms with E-state index in [1.165, 1.54) is 12.1 Å². The summed E-state index contributed by atoms with van der Waals surface area (Å²) in [7, 11) is 0. The summed E-state index contributed by atoms with van der Waals surface area (Å²) in [5, 5.41) is 2.84. The van der Waals surface area contributed by atoms with Gasteiger partial charge in [0.2, 0.25) is 5.91 Å². The number of benzene rings is 2. The number of rotatable bonds is 9. The molecule has 2 aromatic rings. The molecule has 25 heavy (non-hydrogen) atoms. The average molecular weight is 349 g/mol. The summed E-state index contributed by atoms with van der Waals surface area (Å²) in [6, 6.07) is 13.6. The fraction of sp³-hybridized carbons (Fsp3) is 0.316. The maximum atomic E-state index is 12.1. The first-order valence-electron chi connectivity index (χ1n) is 8.14. The number of carbonyl (C=O) groups is 1. The normalized spacial score (nSPS) is 10.6. The molecule has 0 radical (unpaired) electrons. The van der Waals surface area contributed by atoms with Gasteiger partial charge in [-0.2, -0.15) is 8.78 Å². The van der Waals surface area contributed by atoms with Gasteiger partial charge in [0.1, 0.15) is 11.5 Å². The molecule has 0 atom stereocenters. The van der Waals surface area contributed by atoms with E-state index in [0.29, 0.717) is 24.5 Å². The molecule has 2 rings (SSSR count). The number of anilines is 1. The lowest BCUT2D eigenvalue weighted by atomic mass is 10.1. The van der Waals surface area contributed by atoms with Crippen molar-refractivity contribution in [2.24, 2.45) is 0 Å². The van der Waals surface area contributed by atoms with E-state index in [1.54, 1.807) is 18.2 Å². The van der Waals surface area contributed by atoms with Crippen LogP contribution in [0.3, 0.4) is 0 Å². The number of alkyl halides is 2. The molecule has 0 aliphatic carbocycles. The first kappa shape index (κ1) is 18.7. The highest BCUT2D eigenvalue weighted by Crippen LogP contribution is 2.24. The summed E-state index contributed by atoms with van der Waals surface area (Å²) < 4.78 is 34.1. The number of hydrogen-bond acceptors (Lipinski definition) is 3. The van der Waals surface area contributed by atoms with Crippen LogP contribution in [0.4, 0.5) is 14.5 Å². The van der Waals surface area contributed by atoms with E-state index in [-0.39, 0.29) is 18.1 Å². The average Bonchev–Trinajstić information content (AvgIpc) is 2.60. The molecule has 2 aromatic carbocycles. The predicted molar refractivity (Wildman–Crippen MR) is 92.3 cm³/mol.